The van der Waals surface area contributed by atoms with E-state index in [0.717, 1.165) is 6.42 Å². The van der Waals surface area contributed by atoms with Crippen molar-refractivity contribution in [3.63, 3.8) is 0 Å². The van der Waals surface area contributed by atoms with Crippen molar-refractivity contribution in [2.24, 2.45) is 0 Å². The van der Waals surface area contributed by atoms with Crippen LogP contribution in [-0.2, 0) is 14.6 Å². The molecule has 0 aromatic heterocycles. The van der Waals surface area contributed by atoms with E-state index in [0.29, 0.717) is 11.6 Å². The summed E-state index contributed by atoms with van der Waals surface area (Å²) in [5.74, 6) is -0.0706. The minimum Gasteiger partial charge on any atom is -0.398 e. The molecule has 0 aliphatic carbocycles. The van der Waals surface area contributed by atoms with Gasteiger partial charge in [-0.1, -0.05) is 18.5 Å². The number of hydrogen-bond donors (Lipinski definition) is 1. The number of anilines is 1. The fourth-order valence-corrected chi connectivity index (χ4v) is 2.76. The Kier molecular flexibility index (Phi) is 5.24. The third kappa shape index (κ3) is 4.18. The van der Waals surface area contributed by atoms with Crippen molar-refractivity contribution in [1.82, 2.24) is 0 Å². The second-order valence-electron chi connectivity index (χ2n) is 3.61. The summed E-state index contributed by atoms with van der Waals surface area (Å²) in [5.41, 5.74) is 5.81. The van der Waals surface area contributed by atoms with Crippen molar-refractivity contribution >= 4 is 27.1 Å². The average molecular weight is 278 g/mol. The second-order valence-corrected chi connectivity index (χ2v) is 6.13. The van der Waals surface area contributed by atoms with E-state index in [1.807, 2.05) is 6.92 Å². The summed E-state index contributed by atoms with van der Waals surface area (Å²) in [6, 6.07) is 4.37. The Balaban J connectivity index is 2.76. The molecule has 0 heterocycles. The van der Waals surface area contributed by atoms with Crippen molar-refractivity contribution in [2.75, 3.05) is 24.7 Å². The first-order valence-corrected chi connectivity index (χ1v) is 7.36. The smallest absolute Gasteiger partial charge is 0.182 e. The molecule has 0 radical (unpaired) electrons. The quantitative estimate of drug-likeness (QED) is 0.639. The molecule has 0 unspecified atom stereocenters. The highest BCUT2D eigenvalue weighted by Gasteiger charge is 2.17. The lowest BCUT2D eigenvalue weighted by Gasteiger charge is -2.08. The van der Waals surface area contributed by atoms with Crippen LogP contribution in [0.1, 0.15) is 13.3 Å². The largest absolute Gasteiger partial charge is 0.398 e. The van der Waals surface area contributed by atoms with Gasteiger partial charge in [0.15, 0.2) is 9.84 Å². The van der Waals surface area contributed by atoms with Crippen LogP contribution in [0.3, 0.4) is 0 Å². The Morgan fingerprint density at radius 2 is 2.06 bits per heavy atom. The van der Waals surface area contributed by atoms with Gasteiger partial charge >= 0.3 is 0 Å². The van der Waals surface area contributed by atoms with E-state index in [9.17, 15) is 8.42 Å². The Hall–Kier alpha value is -0.780. The van der Waals surface area contributed by atoms with E-state index in [-0.39, 0.29) is 22.9 Å². The Labute approximate surface area is 107 Å². The Bertz CT molecular complexity index is 474. The molecule has 0 spiro atoms. The molecular weight excluding hydrogens is 262 g/mol. The van der Waals surface area contributed by atoms with E-state index in [4.69, 9.17) is 22.1 Å². The van der Waals surface area contributed by atoms with Gasteiger partial charge in [0.05, 0.1) is 22.9 Å². The minimum atomic E-state index is -3.40. The fourth-order valence-electron chi connectivity index (χ4n) is 1.33. The third-order valence-electron chi connectivity index (χ3n) is 2.15. The summed E-state index contributed by atoms with van der Waals surface area (Å²) in [6.45, 7) is 2.70. The number of hydrogen-bond acceptors (Lipinski definition) is 4. The zero-order valence-corrected chi connectivity index (χ0v) is 11.2. The van der Waals surface area contributed by atoms with E-state index in [2.05, 4.69) is 0 Å². The first-order valence-electron chi connectivity index (χ1n) is 5.33. The van der Waals surface area contributed by atoms with E-state index < -0.39 is 9.84 Å². The van der Waals surface area contributed by atoms with Crippen molar-refractivity contribution in [3.8, 4) is 0 Å². The van der Waals surface area contributed by atoms with Gasteiger partial charge in [-0.25, -0.2) is 8.42 Å². The highest BCUT2D eigenvalue weighted by atomic mass is 35.5. The molecule has 1 aromatic carbocycles. The molecule has 2 N–H and O–H groups in total. The number of rotatable bonds is 6. The average Bonchev–Trinajstić information content (AvgIpc) is 2.24. The van der Waals surface area contributed by atoms with Crippen LogP contribution in [0, 0.1) is 0 Å². The lowest BCUT2D eigenvalue weighted by atomic mass is 10.3. The number of halogens is 1. The third-order valence-corrected chi connectivity index (χ3v) is 4.13. The van der Waals surface area contributed by atoms with Gasteiger partial charge < -0.3 is 10.5 Å². The summed E-state index contributed by atoms with van der Waals surface area (Å²) in [5, 5.41) is 0.420. The summed E-state index contributed by atoms with van der Waals surface area (Å²) in [7, 11) is -3.40. The lowest BCUT2D eigenvalue weighted by Crippen LogP contribution is -2.14. The molecule has 0 bridgehead atoms. The molecule has 0 saturated carbocycles. The molecule has 0 aliphatic rings. The summed E-state index contributed by atoms with van der Waals surface area (Å²) < 4.78 is 29.0. The normalized spacial score (nSPS) is 11.6. The maximum atomic E-state index is 11.9. The maximum absolute atomic E-state index is 11.9. The highest BCUT2D eigenvalue weighted by Crippen LogP contribution is 2.23. The first kappa shape index (κ1) is 14.3. The van der Waals surface area contributed by atoms with E-state index in [1.165, 1.54) is 18.2 Å². The molecule has 1 rings (SSSR count). The van der Waals surface area contributed by atoms with Gasteiger partial charge in [0.1, 0.15) is 0 Å². The molecule has 0 saturated heterocycles. The Morgan fingerprint density at radius 1 is 1.35 bits per heavy atom. The molecule has 17 heavy (non-hydrogen) atoms. The number of nitrogen functional groups attached to an aromatic ring is 1. The predicted octanol–water partition coefficient (Wildman–Crippen LogP) is 2.12. The maximum Gasteiger partial charge on any atom is 0.182 e. The van der Waals surface area contributed by atoms with Gasteiger partial charge in [0, 0.05) is 11.6 Å². The van der Waals surface area contributed by atoms with Gasteiger partial charge in [-0.3, -0.25) is 0 Å². The zero-order chi connectivity index (χ0) is 12.9. The molecule has 0 aliphatic heterocycles. The number of benzene rings is 1. The number of ether oxygens (including phenoxy) is 1. The number of sulfone groups is 1. The van der Waals surface area contributed by atoms with Crippen LogP contribution >= 0.6 is 11.6 Å². The van der Waals surface area contributed by atoms with Crippen LogP contribution in [-0.4, -0.2) is 27.4 Å². The van der Waals surface area contributed by atoms with Gasteiger partial charge in [0.2, 0.25) is 0 Å². The second kappa shape index (κ2) is 6.23. The van der Waals surface area contributed by atoms with Gasteiger partial charge in [0.25, 0.3) is 0 Å². The summed E-state index contributed by atoms with van der Waals surface area (Å²) in [6.07, 6.45) is 0.864. The van der Waals surface area contributed by atoms with Gasteiger partial charge in [-0.2, -0.15) is 0 Å². The predicted molar refractivity (Wildman–Crippen MR) is 69.0 cm³/mol. The molecule has 1 aromatic rings. The number of nitrogens with two attached hydrogens (primary N) is 1. The Morgan fingerprint density at radius 3 is 2.65 bits per heavy atom. The van der Waals surface area contributed by atoms with Gasteiger partial charge in [-0.15, -0.1) is 0 Å². The standard InChI is InChI=1S/C11H16ClNO3S/c1-2-5-16-6-7-17(14,15)11-4-3-9(12)8-10(11)13/h3-4,8H,2,5-7,13H2,1H3. The fraction of sp³-hybridized carbons (Fsp3) is 0.455. The zero-order valence-electron chi connectivity index (χ0n) is 9.65. The highest BCUT2D eigenvalue weighted by molar-refractivity contribution is 7.91. The molecule has 0 atom stereocenters. The van der Waals surface area contributed by atoms with Crippen molar-refractivity contribution < 1.29 is 13.2 Å². The summed E-state index contributed by atoms with van der Waals surface area (Å²) >= 11 is 5.71. The van der Waals surface area contributed by atoms with Crippen molar-refractivity contribution in [2.45, 2.75) is 18.2 Å². The van der Waals surface area contributed by atoms with Crippen LogP contribution in [0.5, 0.6) is 0 Å². The van der Waals surface area contributed by atoms with E-state index in [1.54, 1.807) is 0 Å². The molecule has 6 heteroatoms. The van der Waals surface area contributed by atoms with E-state index >= 15 is 0 Å². The molecule has 4 nitrogen and oxygen atoms in total. The minimum absolute atomic E-state index is 0.0706. The van der Waals surface area contributed by atoms with Crippen molar-refractivity contribution in [1.29, 1.82) is 0 Å². The topological polar surface area (TPSA) is 69.4 Å². The molecular formula is C11H16ClNO3S. The van der Waals surface area contributed by atoms with Crippen molar-refractivity contribution in [3.05, 3.63) is 23.2 Å². The SMILES string of the molecule is CCCOCCS(=O)(=O)c1ccc(Cl)cc1N. The van der Waals surface area contributed by atoms with Crippen LogP contribution < -0.4 is 5.73 Å². The van der Waals surface area contributed by atoms with Gasteiger partial charge in [-0.05, 0) is 24.6 Å². The van der Waals surface area contributed by atoms with Crippen LogP contribution in [0.25, 0.3) is 0 Å². The molecule has 0 fully saturated rings. The molecule has 96 valence electrons. The molecule has 0 amide bonds. The lowest BCUT2D eigenvalue weighted by molar-refractivity contribution is 0.149. The monoisotopic (exact) mass is 277 g/mol. The van der Waals surface area contributed by atoms with Crippen LogP contribution in [0.15, 0.2) is 23.1 Å². The summed E-state index contributed by atoms with van der Waals surface area (Å²) in [4.78, 5) is 0.113. The van der Waals surface area contributed by atoms with Crippen LogP contribution in [0.2, 0.25) is 5.02 Å². The first-order chi connectivity index (χ1) is 7.97. The van der Waals surface area contributed by atoms with Crippen LogP contribution in [0.4, 0.5) is 5.69 Å².